The number of aliphatic hydroxyl groups excluding tert-OH is 1. The lowest BCUT2D eigenvalue weighted by Gasteiger charge is -2.38. The molecule has 4 nitrogen and oxygen atoms in total. The topological polar surface area (TPSA) is 49.8 Å². The normalized spacial score (nSPS) is 48.4. The first-order valence-corrected chi connectivity index (χ1v) is 6.59. The van der Waals surface area contributed by atoms with Gasteiger partial charge in [-0.25, -0.2) is 4.79 Å². The Balaban J connectivity index is 1.82. The fourth-order valence-electron chi connectivity index (χ4n) is 4.41. The third-order valence-corrected chi connectivity index (χ3v) is 4.99. The van der Waals surface area contributed by atoms with Crippen LogP contribution in [0.3, 0.4) is 0 Å². The van der Waals surface area contributed by atoms with Crippen LogP contribution in [0.15, 0.2) is 11.6 Å². The number of carbonyl (C=O) groups excluding carboxylic acids is 1. The molecular weight excluding hydrogens is 218 g/mol. The molecule has 2 bridgehead atoms. The molecule has 1 N–H and O–H groups in total. The summed E-state index contributed by atoms with van der Waals surface area (Å²) in [5.41, 5.74) is 0.382. The molecule has 4 rings (SSSR count). The van der Waals surface area contributed by atoms with Crippen molar-refractivity contribution in [1.29, 1.82) is 0 Å². The maximum absolute atomic E-state index is 11.6. The van der Waals surface area contributed by atoms with Crippen molar-refractivity contribution in [3.63, 3.8) is 0 Å². The molecule has 3 heterocycles. The molecule has 0 amide bonds. The SMILES string of the molecule is O=C1C=C2[C@H](O)C[C@@H]3C[C@@]2(O1)[C@@H]1CCCCN31. The summed E-state index contributed by atoms with van der Waals surface area (Å²) in [5.74, 6) is -0.257. The van der Waals surface area contributed by atoms with Crippen molar-refractivity contribution in [3.8, 4) is 0 Å². The van der Waals surface area contributed by atoms with Gasteiger partial charge in [0.2, 0.25) is 0 Å². The Hall–Kier alpha value is -0.870. The van der Waals surface area contributed by atoms with Gasteiger partial charge >= 0.3 is 5.97 Å². The third-order valence-electron chi connectivity index (χ3n) is 4.99. The summed E-state index contributed by atoms with van der Waals surface area (Å²) < 4.78 is 5.65. The highest BCUT2D eigenvalue weighted by Gasteiger charge is 2.63. The number of aliphatic hydroxyl groups is 1. The van der Waals surface area contributed by atoms with Crippen LogP contribution in [-0.2, 0) is 9.53 Å². The van der Waals surface area contributed by atoms with Crippen molar-refractivity contribution in [2.24, 2.45) is 0 Å². The standard InChI is InChI=1S/C13H17NO3/c15-10-5-8-7-13(9(10)6-12(16)17-13)11-3-1-2-4-14(8)11/h6,8,10-11,15H,1-5,7H2/t8-,10-,11+,13+/m1/s1. The van der Waals surface area contributed by atoms with E-state index in [1.807, 2.05) is 0 Å². The smallest absolute Gasteiger partial charge is 0.331 e. The highest BCUT2D eigenvalue weighted by atomic mass is 16.6. The summed E-state index contributed by atoms with van der Waals surface area (Å²) in [6.45, 7) is 1.09. The molecule has 4 aliphatic rings. The average molecular weight is 235 g/mol. The van der Waals surface area contributed by atoms with Gasteiger partial charge in [0.15, 0.2) is 5.60 Å². The van der Waals surface area contributed by atoms with Crippen LogP contribution in [0.1, 0.15) is 32.1 Å². The quantitative estimate of drug-likeness (QED) is 0.625. The first-order valence-electron chi connectivity index (χ1n) is 6.59. The van der Waals surface area contributed by atoms with Gasteiger partial charge in [0.1, 0.15) is 0 Å². The number of carbonyl (C=O) groups is 1. The lowest BCUT2D eigenvalue weighted by molar-refractivity contribution is -0.149. The first kappa shape index (κ1) is 10.1. The summed E-state index contributed by atoms with van der Waals surface area (Å²) in [5, 5.41) is 10.2. The maximum atomic E-state index is 11.6. The van der Waals surface area contributed by atoms with E-state index in [-0.39, 0.29) is 5.97 Å². The highest BCUT2D eigenvalue weighted by molar-refractivity contribution is 5.87. The Morgan fingerprint density at radius 2 is 2.35 bits per heavy atom. The molecule has 2 saturated heterocycles. The van der Waals surface area contributed by atoms with Gasteiger partial charge in [-0.15, -0.1) is 0 Å². The van der Waals surface area contributed by atoms with E-state index < -0.39 is 11.7 Å². The van der Waals surface area contributed by atoms with Crippen molar-refractivity contribution in [1.82, 2.24) is 4.90 Å². The van der Waals surface area contributed by atoms with E-state index in [0.717, 1.165) is 31.4 Å². The molecule has 0 unspecified atom stereocenters. The number of ether oxygens (including phenoxy) is 1. The maximum Gasteiger partial charge on any atom is 0.331 e. The Kier molecular flexibility index (Phi) is 1.85. The summed E-state index contributed by atoms with van der Waals surface area (Å²) >= 11 is 0. The van der Waals surface area contributed by atoms with E-state index in [9.17, 15) is 9.90 Å². The minimum Gasteiger partial charge on any atom is -0.449 e. The number of rotatable bonds is 0. The van der Waals surface area contributed by atoms with Crippen molar-refractivity contribution in [3.05, 3.63) is 11.6 Å². The van der Waals surface area contributed by atoms with E-state index in [1.165, 1.54) is 12.8 Å². The number of hydrogen-bond acceptors (Lipinski definition) is 4. The van der Waals surface area contributed by atoms with Crippen molar-refractivity contribution in [2.45, 2.75) is 55.9 Å². The fourth-order valence-corrected chi connectivity index (χ4v) is 4.41. The summed E-state index contributed by atoms with van der Waals surface area (Å²) in [6, 6.07) is 0.717. The van der Waals surface area contributed by atoms with Gasteiger partial charge in [0, 0.05) is 24.1 Å². The molecule has 4 atom stereocenters. The van der Waals surface area contributed by atoms with Gasteiger partial charge in [-0.2, -0.15) is 0 Å². The average Bonchev–Trinajstić information content (AvgIpc) is 2.79. The molecule has 1 aliphatic carbocycles. The molecule has 92 valence electrons. The molecule has 0 aromatic rings. The van der Waals surface area contributed by atoms with Crippen LogP contribution in [0.2, 0.25) is 0 Å². The molecule has 0 aromatic heterocycles. The molecule has 1 spiro atoms. The van der Waals surface area contributed by atoms with E-state index >= 15 is 0 Å². The Morgan fingerprint density at radius 3 is 3.24 bits per heavy atom. The van der Waals surface area contributed by atoms with Crippen LogP contribution in [0.4, 0.5) is 0 Å². The lowest BCUT2D eigenvalue weighted by atomic mass is 9.76. The second-order valence-electron chi connectivity index (χ2n) is 5.77. The molecular formula is C13H17NO3. The Bertz CT molecular complexity index is 419. The zero-order valence-corrected chi connectivity index (χ0v) is 9.76. The zero-order chi connectivity index (χ0) is 11.6. The molecule has 4 heteroatoms. The summed E-state index contributed by atoms with van der Waals surface area (Å²) in [7, 11) is 0. The van der Waals surface area contributed by atoms with E-state index in [2.05, 4.69) is 4.90 Å². The van der Waals surface area contributed by atoms with Gasteiger partial charge < -0.3 is 9.84 Å². The van der Waals surface area contributed by atoms with Crippen LogP contribution in [-0.4, -0.2) is 46.3 Å². The molecule has 3 aliphatic heterocycles. The molecule has 3 fully saturated rings. The Morgan fingerprint density at radius 1 is 1.47 bits per heavy atom. The number of fused-ring (bicyclic) bond motifs is 3. The van der Waals surface area contributed by atoms with Crippen molar-refractivity contribution >= 4 is 5.97 Å². The molecule has 0 radical (unpaired) electrons. The summed E-state index contributed by atoms with van der Waals surface area (Å²) in [6.07, 6.45) is 6.24. The third kappa shape index (κ3) is 1.13. The summed E-state index contributed by atoms with van der Waals surface area (Å²) in [4.78, 5) is 14.1. The van der Waals surface area contributed by atoms with Crippen LogP contribution < -0.4 is 0 Å². The fraction of sp³-hybridized carbons (Fsp3) is 0.769. The Labute approximate surface area is 100 Å². The number of piperidine rings is 1. The number of nitrogens with zero attached hydrogens (tertiary/aromatic N) is 1. The van der Waals surface area contributed by atoms with E-state index in [1.54, 1.807) is 6.08 Å². The minimum atomic E-state index is -0.481. The number of hydrogen-bond donors (Lipinski definition) is 1. The van der Waals surface area contributed by atoms with Gasteiger partial charge in [-0.1, -0.05) is 6.42 Å². The first-order chi connectivity index (χ1) is 8.21. The lowest BCUT2D eigenvalue weighted by Crippen LogP contribution is -2.49. The van der Waals surface area contributed by atoms with E-state index in [0.29, 0.717) is 12.1 Å². The predicted molar refractivity (Wildman–Crippen MR) is 60.3 cm³/mol. The van der Waals surface area contributed by atoms with E-state index in [4.69, 9.17) is 4.74 Å². The van der Waals surface area contributed by atoms with Gasteiger partial charge in [0.25, 0.3) is 0 Å². The second-order valence-corrected chi connectivity index (χ2v) is 5.77. The highest BCUT2D eigenvalue weighted by Crippen LogP contribution is 2.53. The van der Waals surface area contributed by atoms with Crippen LogP contribution in [0.25, 0.3) is 0 Å². The van der Waals surface area contributed by atoms with Gasteiger partial charge in [-0.05, 0) is 25.8 Å². The second kappa shape index (κ2) is 3.12. The number of esters is 1. The molecule has 17 heavy (non-hydrogen) atoms. The minimum absolute atomic E-state index is 0.257. The molecule has 1 saturated carbocycles. The van der Waals surface area contributed by atoms with Crippen LogP contribution in [0.5, 0.6) is 0 Å². The molecule has 0 aromatic carbocycles. The largest absolute Gasteiger partial charge is 0.449 e. The van der Waals surface area contributed by atoms with Crippen LogP contribution >= 0.6 is 0 Å². The van der Waals surface area contributed by atoms with Crippen molar-refractivity contribution < 1.29 is 14.6 Å². The van der Waals surface area contributed by atoms with Crippen molar-refractivity contribution in [2.75, 3.05) is 6.54 Å². The zero-order valence-electron chi connectivity index (χ0n) is 9.76. The predicted octanol–water partition coefficient (Wildman–Crippen LogP) is 0.600. The van der Waals surface area contributed by atoms with Gasteiger partial charge in [-0.3, -0.25) is 4.90 Å². The monoisotopic (exact) mass is 235 g/mol. The van der Waals surface area contributed by atoms with Gasteiger partial charge in [0.05, 0.1) is 12.1 Å². The van der Waals surface area contributed by atoms with Crippen LogP contribution in [0, 0.1) is 0 Å².